The van der Waals surface area contributed by atoms with Gasteiger partial charge < -0.3 is 10.3 Å². The molecule has 2 N–H and O–H groups in total. The number of aryl methyl sites for hydroxylation is 1. The van der Waals surface area contributed by atoms with Crippen LogP contribution in [-0.4, -0.2) is 15.5 Å². The lowest BCUT2D eigenvalue weighted by atomic mass is 10.3. The number of nitrogens with two attached hydrogens (primary N) is 1. The van der Waals surface area contributed by atoms with Crippen molar-refractivity contribution >= 4 is 5.91 Å². The molecule has 0 bridgehead atoms. The summed E-state index contributed by atoms with van der Waals surface area (Å²) in [7, 11) is 0. The molecule has 0 spiro atoms. The predicted octanol–water partition coefficient (Wildman–Crippen LogP) is 0.238. The lowest BCUT2D eigenvalue weighted by molar-refractivity contribution is -0.120. The van der Waals surface area contributed by atoms with Crippen LogP contribution in [0.5, 0.6) is 0 Å². The van der Waals surface area contributed by atoms with Gasteiger partial charge in [-0.15, -0.1) is 0 Å². The highest BCUT2D eigenvalue weighted by atomic mass is 16.1. The fourth-order valence-corrected chi connectivity index (χ4v) is 0.913. The summed E-state index contributed by atoms with van der Waals surface area (Å²) in [6.45, 7) is 3.63. The summed E-state index contributed by atoms with van der Waals surface area (Å²) in [5, 5.41) is 0. The Kier molecular flexibility index (Phi) is 1.94. The summed E-state index contributed by atoms with van der Waals surface area (Å²) in [6.07, 6.45) is 3.30. The molecule has 0 aliphatic rings. The van der Waals surface area contributed by atoms with Gasteiger partial charge in [-0.25, -0.2) is 4.98 Å². The van der Waals surface area contributed by atoms with Crippen LogP contribution in [0.3, 0.4) is 0 Å². The van der Waals surface area contributed by atoms with Crippen LogP contribution in [0.2, 0.25) is 0 Å². The third-order valence-corrected chi connectivity index (χ3v) is 1.69. The lowest BCUT2D eigenvalue weighted by Gasteiger charge is -2.09. The van der Waals surface area contributed by atoms with Crippen molar-refractivity contribution in [1.29, 1.82) is 0 Å². The first-order valence-electron chi connectivity index (χ1n) is 3.40. The zero-order chi connectivity index (χ0) is 8.43. The largest absolute Gasteiger partial charge is 0.368 e. The van der Waals surface area contributed by atoms with Crippen LogP contribution in [0.4, 0.5) is 0 Å². The Bertz CT molecular complexity index is 266. The van der Waals surface area contributed by atoms with Gasteiger partial charge in [-0.05, 0) is 13.8 Å². The standard InChI is InChI=1S/C7H11N3O/c1-5-3-9-4-10(5)6(2)7(8)11/h3-4,6H,1-2H3,(H2,8,11). The number of carbonyl (C=O) groups excluding carboxylic acids is 1. The van der Waals surface area contributed by atoms with Crippen molar-refractivity contribution in [2.75, 3.05) is 0 Å². The second kappa shape index (κ2) is 2.74. The van der Waals surface area contributed by atoms with E-state index < -0.39 is 0 Å². The van der Waals surface area contributed by atoms with Crippen LogP contribution in [-0.2, 0) is 4.79 Å². The quantitative estimate of drug-likeness (QED) is 0.661. The van der Waals surface area contributed by atoms with Crippen molar-refractivity contribution in [2.24, 2.45) is 5.73 Å². The number of carbonyl (C=O) groups is 1. The average Bonchev–Trinajstić information content (AvgIpc) is 2.33. The van der Waals surface area contributed by atoms with Gasteiger partial charge in [-0.2, -0.15) is 0 Å². The molecule has 60 valence electrons. The van der Waals surface area contributed by atoms with Gasteiger partial charge in [0.25, 0.3) is 0 Å². The van der Waals surface area contributed by atoms with Crippen LogP contribution >= 0.6 is 0 Å². The van der Waals surface area contributed by atoms with Gasteiger partial charge in [-0.1, -0.05) is 0 Å². The number of primary amides is 1. The molecule has 0 fully saturated rings. The van der Waals surface area contributed by atoms with E-state index in [4.69, 9.17) is 5.73 Å². The minimum Gasteiger partial charge on any atom is -0.368 e. The maximum Gasteiger partial charge on any atom is 0.240 e. The number of nitrogens with zero attached hydrogens (tertiary/aromatic N) is 2. The first-order chi connectivity index (χ1) is 5.13. The number of aromatic nitrogens is 2. The lowest BCUT2D eigenvalue weighted by Crippen LogP contribution is -2.24. The fourth-order valence-electron chi connectivity index (χ4n) is 0.913. The van der Waals surface area contributed by atoms with Crippen molar-refractivity contribution in [2.45, 2.75) is 19.9 Å². The second-order valence-corrected chi connectivity index (χ2v) is 2.52. The molecule has 0 radical (unpaired) electrons. The number of imidazole rings is 1. The average molecular weight is 153 g/mol. The van der Waals surface area contributed by atoms with Crippen LogP contribution < -0.4 is 5.73 Å². The normalized spacial score (nSPS) is 12.9. The zero-order valence-electron chi connectivity index (χ0n) is 6.61. The zero-order valence-corrected chi connectivity index (χ0v) is 6.61. The van der Waals surface area contributed by atoms with Gasteiger partial charge in [0.05, 0.1) is 6.33 Å². The highest BCUT2D eigenvalue weighted by molar-refractivity contribution is 5.77. The maximum absolute atomic E-state index is 10.7. The minimum absolute atomic E-state index is 0.308. The molecule has 1 aromatic rings. The summed E-state index contributed by atoms with van der Waals surface area (Å²) < 4.78 is 1.74. The van der Waals surface area contributed by atoms with Gasteiger partial charge in [0.2, 0.25) is 5.91 Å². The van der Waals surface area contributed by atoms with E-state index in [1.165, 1.54) is 0 Å². The molecular weight excluding hydrogens is 142 g/mol. The smallest absolute Gasteiger partial charge is 0.240 e. The number of amides is 1. The predicted molar refractivity (Wildman–Crippen MR) is 40.9 cm³/mol. The fraction of sp³-hybridized carbons (Fsp3) is 0.429. The highest BCUT2D eigenvalue weighted by Gasteiger charge is 2.11. The molecule has 4 heteroatoms. The van der Waals surface area contributed by atoms with E-state index in [-0.39, 0.29) is 11.9 Å². The monoisotopic (exact) mass is 153 g/mol. The third-order valence-electron chi connectivity index (χ3n) is 1.69. The summed E-state index contributed by atoms with van der Waals surface area (Å²) in [5.41, 5.74) is 6.05. The molecule has 0 saturated heterocycles. The second-order valence-electron chi connectivity index (χ2n) is 2.52. The van der Waals surface area contributed by atoms with E-state index in [1.807, 2.05) is 6.92 Å². The molecular formula is C7H11N3O. The van der Waals surface area contributed by atoms with Crippen molar-refractivity contribution in [3.63, 3.8) is 0 Å². The van der Waals surface area contributed by atoms with Crippen molar-refractivity contribution in [1.82, 2.24) is 9.55 Å². The number of rotatable bonds is 2. The summed E-state index contributed by atoms with van der Waals surface area (Å²) >= 11 is 0. The van der Waals surface area contributed by atoms with E-state index >= 15 is 0 Å². The highest BCUT2D eigenvalue weighted by Crippen LogP contribution is 2.07. The maximum atomic E-state index is 10.7. The Hall–Kier alpha value is -1.32. The van der Waals surface area contributed by atoms with E-state index in [9.17, 15) is 4.79 Å². The van der Waals surface area contributed by atoms with Gasteiger partial charge in [0.1, 0.15) is 6.04 Å². The van der Waals surface area contributed by atoms with Gasteiger partial charge in [-0.3, -0.25) is 4.79 Å². The Balaban J connectivity index is 2.92. The molecule has 1 heterocycles. The third kappa shape index (κ3) is 1.39. The molecule has 1 unspecified atom stereocenters. The molecule has 4 nitrogen and oxygen atoms in total. The Morgan fingerprint density at radius 2 is 2.45 bits per heavy atom. The van der Waals surface area contributed by atoms with Crippen molar-refractivity contribution in [3.05, 3.63) is 18.2 Å². The van der Waals surface area contributed by atoms with E-state index in [0.29, 0.717) is 0 Å². The van der Waals surface area contributed by atoms with Crippen LogP contribution in [0.15, 0.2) is 12.5 Å². The van der Waals surface area contributed by atoms with Crippen LogP contribution in [0.25, 0.3) is 0 Å². The molecule has 0 aliphatic heterocycles. The molecule has 1 atom stereocenters. The molecule has 1 aromatic heterocycles. The first-order valence-corrected chi connectivity index (χ1v) is 3.40. The molecule has 11 heavy (non-hydrogen) atoms. The SMILES string of the molecule is Cc1cncn1C(C)C(N)=O. The van der Waals surface area contributed by atoms with Gasteiger partial charge >= 0.3 is 0 Å². The van der Waals surface area contributed by atoms with E-state index in [2.05, 4.69) is 4.98 Å². The first kappa shape index (κ1) is 7.78. The number of hydrogen-bond acceptors (Lipinski definition) is 2. The molecule has 0 aromatic carbocycles. The summed E-state index contributed by atoms with van der Waals surface area (Å²) in [4.78, 5) is 14.6. The Morgan fingerprint density at radius 3 is 2.82 bits per heavy atom. The van der Waals surface area contributed by atoms with Gasteiger partial charge in [0, 0.05) is 11.9 Å². The number of hydrogen-bond donors (Lipinski definition) is 1. The Morgan fingerprint density at radius 1 is 1.82 bits per heavy atom. The minimum atomic E-state index is -0.342. The summed E-state index contributed by atoms with van der Waals surface area (Å²) in [6, 6.07) is -0.308. The summed E-state index contributed by atoms with van der Waals surface area (Å²) in [5.74, 6) is -0.342. The van der Waals surface area contributed by atoms with Crippen molar-refractivity contribution in [3.8, 4) is 0 Å². The molecule has 0 aliphatic carbocycles. The molecule has 0 saturated carbocycles. The van der Waals surface area contributed by atoms with Crippen LogP contribution in [0, 0.1) is 6.92 Å². The van der Waals surface area contributed by atoms with Crippen molar-refractivity contribution < 1.29 is 4.79 Å². The topological polar surface area (TPSA) is 60.9 Å². The van der Waals surface area contributed by atoms with E-state index in [0.717, 1.165) is 5.69 Å². The molecule has 1 rings (SSSR count). The van der Waals surface area contributed by atoms with E-state index in [1.54, 1.807) is 24.0 Å². The molecule has 1 amide bonds. The van der Waals surface area contributed by atoms with Crippen LogP contribution in [0.1, 0.15) is 18.7 Å². The Labute approximate surface area is 65.0 Å². The van der Waals surface area contributed by atoms with Gasteiger partial charge in [0.15, 0.2) is 0 Å².